The number of carbonyl (C=O) groups excluding carboxylic acids is 2. The molecule has 1 fully saturated rings. The first-order chi connectivity index (χ1) is 15.3. The molecule has 1 unspecified atom stereocenters. The maximum absolute atomic E-state index is 14.2. The van der Waals surface area contributed by atoms with Crippen LogP contribution in [0, 0.1) is 6.92 Å². The van der Waals surface area contributed by atoms with E-state index in [-0.39, 0.29) is 17.9 Å². The molecule has 2 aromatic heterocycles. The maximum Gasteiger partial charge on any atom is 0.273 e. The number of carbonyl (C=O) groups is 2. The molecule has 4 rings (SSSR count). The number of pyridine rings is 1. The predicted octanol–water partition coefficient (Wildman–Crippen LogP) is 2.46. The van der Waals surface area contributed by atoms with Crippen molar-refractivity contribution in [2.45, 2.75) is 38.4 Å². The van der Waals surface area contributed by atoms with Gasteiger partial charge in [-0.05, 0) is 24.6 Å². The number of halogens is 2. The van der Waals surface area contributed by atoms with Gasteiger partial charge in [0.2, 0.25) is 0 Å². The van der Waals surface area contributed by atoms with Crippen molar-refractivity contribution in [2.75, 3.05) is 6.54 Å². The van der Waals surface area contributed by atoms with Gasteiger partial charge >= 0.3 is 0 Å². The first-order valence-corrected chi connectivity index (χ1v) is 10.2. The Bertz CT molecular complexity index is 1120. The van der Waals surface area contributed by atoms with E-state index in [0.717, 1.165) is 10.5 Å². The Balaban J connectivity index is 1.43. The molecule has 1 saturated heterocycles. The molecular weight excluding hydrogens is 418 g/mol. The molecule has 3 aromatic rings. The van der Waals surface area contributed by atoms with Crippen LogP contribution < -0.4 is 5.32 Å². The standard InChI is InChI=1S/C22H22F2N6O2/c1-15-6-5-9-18(26-15)21(32)30-14-22(23,24)10-17(30)12-29-13-19(27-28-29)20(31)25-11-16-7-3-2-4-8-16/h2-9,13,17H,10-12,14H2,1H3,(H,25,31). The first kappa shape index (κ1) is 21.5. The second kappa shape index (κ2) is 8.81. The number of rotatable bonds is 6. The summed E-state index contributed by atoms with van der Waals surface area (Å²) in [4.78, 5) is 30.5. The van der Waals surface area contributed by atoms with E-state index in [9.17, 15) is 18.4 Å². The summed E-state index contributed by atoms with van der Waals surface area (Å²) in [6.07, 6.45) is 0.893. The Morgan fingerprint density at radius 3 is 2.66 bits per heavy atom. The van der Waals surface area contributed by atoms with Crippen LogP contribution in [0.25, 0.3) is 0 Å². The second-order valence-corrected chi connectivity index (χ2v) is 7.81. The van der Waals surface area contributed by atoms with Crippen molar-refractivity contribution >= 4 is 11.8 Å². The first-order valence-electron chi connectivity index (χ1n) is 10.2. The quantitative estimate of drug-likeness (QED) is 0.636. The number of hydrogen-bond donors (Lipinski definition) is 1. The van der Waals surface area contributed by atoms with E-state index in [0.29, 0.717) is 12.2 Å². The average Bonchev–Trinajstić information content (AvgIpc) is 3.36. The maximum atomic E-state index is 14.2. The van der Waals surface area contributed by atoms with Gasteiger partial charge in [0, 0.05) is 18.7 Å². The third-order valence-electron chi connectivity index (χ3n) is 5.21. The minimum atomic E-state index is -3.01. The Morgan fingerprint density at radius 1 is 1.12 bits per heavy atom. The van der Waals surface area contributed by atoms with Gasteiger partial charge < -0.3 is 10.2 Å². The highest BCUT2D eigenvalue weighted by Crippen LogP contribution is 2.33. The van der Waals surface area contributed by atoms with Crippen molar-refractivity contribution in [1.29, 1.82) is 0 Å². The lowest BCUT2D eigenvalue weighted by atomic mass is 10.2. The normalized spacial score (nSPS) is 17.3. The van der Waals surface area contributed by atoms with Crippen LogP contribution in [-0.2, 0) is 13.1 Å². The van der Waals surface area contributed by atoms with Crippen molar-refractivity contribution < 1.29 is 18.4 Å². The van der Waals surface area contributed by atoms with Gasteiger partial charge in [0.15, 0.2) is 5.69 Å². The van der Waals surface area contributed by atoms with Crippen LogP contribution >= 0.6 is 0 Å². The molecule has 0 bridgehead atoms. The third kappa shape index (κ3) is 4.96. The van der Waals surface area contributed by atoms with Crippen LogP contribution in [0.4, 0.5) is 8.78 Å². The molecule has 3 heterocycles. The zero-order chi connectivity index (χ0) is 22.7. The summed E-state index contributed by atoms with van der Waals surface area (Å²) in [7, 11) is 0. The molecule has 166 valence electrons. The SMILES string of the molecule is Cc1cccc(C(=O)N2CC(F)(F)CC2Cn2cc(C(=O)NCc3ccccc3)nn2)n1. The van der Waals surface area contributed by atoms with E-state index in [1.165, 1.54) is 16.9 Å². The van der Waals surface area contributed by atoms with Crippen molar-refractivity contribution in [3.05, 3.63) is 77.4 Å². The number of aryl methyl sites for hydroxylation is 1. The van der Waals surface area contributed by atoms with Gasteiger partial charge in [-0.25, -0.2) is 18.4 Å². The predicted molar refractivity (Wildman–Crippen MR) is 111 cm³/mol. The van der Waals surface area contributed by atoms with Crippen LogP contribution in [0.5, 0.6) is 0 Å². The summed E-state index contributed by atoms with van der Waals surface area (Å²) >= 11 is 0. The second-order valence-electron chi connectivity index (χ2n) is 7.81. The Kier molecular flexibility index (Phi) is 5.93. The zero-order valence-corrected chi connectivity index (χ0v) is 17.4. The third-order valence-corrected chi connectivity index (χ3v) is 5.21. The summed E-state index contributed by atoms with van der Waals surface area (Å²) in [5.74, 6) is -3.99. The molecule has 1 aromatic carbocycles. The van der Waals surface area contributed by atoms with Gasteiger partial charge in [-0.15, -0.1) is 5.10 Å². The molecule has 0 spiro atoms. The molecule has 1 aliphatic heterocycles. The highest BCUT2D eigenvalue weighted by Gasteiger charge is 2.47. The lowest BCUT2D eigenvalue weighted by Gasteiger charge is -2.23. The van der Waals surface area contributed by atoms with Crippen molar-refractivity contribution in [2.24, 2.45) is 0 Å². The summed E-state index contributed by atoms with van der Waals surface area (Å²) in [6.45, 7) is 1.36. The van der Waals surface area contributed by atoms with Gasteiger partial charge in [0.1, 0.15) is 5.69 Å². The smallest absolute Gasteiger partial charge is 0.273 e. The van der Waals surface area contributed by atoms with Gasteiger partial charge in [0.05, 0.1) is 25.3 Å². The molecule has 0 saturated carbocycles. The fraction of sp³-hybridized carbons (Fsp3) is 0.318. The number of benzene rings is 1. The average molecular weight is 440 g/mol. The Labute approximate surface area is 183 Å². The number of nitrogens with zero attached hydrogens (tertiary/aromatic N) is 5. The lowest BCUT2D eigenvalue weighted by Crippen LogP contribution is -2.39. The van der Waals surface area contributed by atoms with Gasteiger partial charge in [-0.3, -0.25) is 9.59 Å². The number of alkyl halides is 2. The zero-order valence-electron chi connectivity index (χ0n) is 17.4. The van der Waals surface area contributed by atoms with E-state index in [2.05, 4.69) is 20.6 Å². The molecule has 2 amide bonds. The molecule has 1 atom stereocenters. The monoisotopic (exact) mass is 440 g/mol. The topological polar surface area (TPSA) is 93.0 Å². The number of aromatic nitrogens is 4. The van der Waals surface area contributed by atoms with E-state index < -0.39 is 36.7 Å². The minimum absolute atomic E-state index is 0.00783. The molecule has 8 nitrogen and oxygen atoms in total. The van der Waals surface area contributed by atoms with E-state index in [1.54, 1.807) is 19.1 Å². The number of amides is 2. The van der Waals surface area contributed by atoms with Crippen LogP contribution in [0.15, 0.2) is 54.7 Å². The van der Waals surface area contributed by atoms with Crippen LogP contribution in [0.2, 0.25) is 0 Å². The molecule has 0 aliphatic carbocycles. The number of hydrogen-bond acceptors (Lipinski definition) is 5. The summed E-state index contributed by atoms with van der Waals surface area (Å²) in [5, 5.41) is 10.5. The fourth-order valence-electron chi connectivity index (χ4n) is 3.68. The molecule has 0 radical (unpaired) electrons. The van der Waals surface area contributed by atoms with Crippen LogP contribution in [-0.4, -0.2) is 55.2 Å². The van der Waals surface area contributed by atoms with Crippen molar-refractivity contribution in [3.8, 4) is 0 Å². The minimum Gasteiger partial charge on any atom is -0.347 e. The largest absolute Gasteiger partial charge is 0.347 e. The fourth-order valence-corrected chi connectivity index (χ4v) is 3.68. The lowest BCUT2D eigenvalue weighted by molar-refractivity contribution is 0.0116. The van der Waals surface area contributed by atoms with E-state index >= 15 is 0 Å². The van der Waals surface area contributed by atoms with Crippen LogP contribution in [0.3, 0.4) is 0 Å². The van der Waals surface area contributed by atoms with Crippen molar-refractivity contribution in [3.63, 3.8) is 0 Å². The number of likely N-dealkylation sites (tertiary alicyclic amines) is 1. The summed E-state index contributed by atoms with van der Waals surface area (Å²) in [5.41, 5.74) is 1.75. The van der Waals surface area contributed by atoms with Gasteiger partial charge in [-0.2, -0.15) is 0 Å². The Hall–Kier alpha value is -3.69. The Morgan fingerprint density at radius 2 is 1.91 bits per heavy atom. The molecule has 32 heavy (non-hydrogen) atoms. The molecule has 1 N–H and O–H groups in total. The molecule has 1 aliphatic rings. The van der Waals surface area contributed by atoms with Crippen LogP contribution in [0.1, 0.15) is 38.7 Å². The molecular formula is C22H22F2N6O2. The van der Waals surface area contributed by atoms with Crippen molar-refractivity contribution in [1.82, 2.24) is 30.2 Å². The summed E-state index contributed by atoms with van der Waals surface area (Å²) in [6, 6.07) is 13.5. The summed E-state index contributed by atoms with van der Waals surface area (Å²) < 4.78 is 29.7. The number of nitrogens with one attached hydrogen (secondary N) is 1. The highest BCUT2D eigenvalue weighted by atomic mass is 19.3. The van der Waals surface area contributed by atoms with Gasteiger partial charge in [0.25, 0.3) is 17.7 Å². The highest BCUT2D eigenvalue weighted by molar-refractivity contribution is 5.93. The molecule has 10 heteroatoms. The van der Waals surface area contributed by atoms with E-state index in [1.807, 2.05) is 30.3 Å². The van der Waals surface area contributed by atoms with Gasteiger partial charge in [-0.1, -0.05) is 41.6 Å². The van der Waals surface area contributed by atoms with E-state index in [4.69, 9.17) is 0 Å².